The van der Waals surface area contributed by atoms with Crippen LogP contribution < -0.4 is 5.73 Å². The fourth-order valence-corrected chi connectivity index (χ4v) is 3.22. The van der Waals surface area contributed by atoms with Gasteiger partial charge in [0.25, 0.3) is 0 Å². The molecular weight excluding hydrogens is 255 g/mol. The van der Waals surface area contributed by atoms with Crippen molar-refractivity contribution in [2.45, 2.75) is 43.7 Å². The van der Waals surface area contributed by atoms with E-state index in [4.69, 9.17) is 10.5 Å². The van der Waals surface area contributed by atoms with Crippen LogP contribution >= 0.6 is 0 Å². The molecule has 0 aromatic heterocycles. The number of hydrogen-bond acceptors (Lipinski definition) is 2. The quantitative estimate of drug-likeness (QED) is 0.896. The van der Waals surface area contributed by atoms with Crippen molar-refractivity contribution in [1.29, 1.82) is 0 Å². The zero-order valence-corrected chi connectivity index (χ0v) is 10.4. The average molecular weight is 271 g/mol. The lowest BCUT2D eigenvalue weighted by atomic mass is 9.81. The van der Waals surface area contributed by atoms with E-state index in [9.17, 15) is 13.2 Å². The molecule has 2 bridgehead atoms. The molecule has 0 spiro atoms. The van der Waals surface area contributed by atoms with Gasteiger partial charge in [0, 0.05) is 12.0 Å². The van der Waals surface area contributed by atoms with Crippen molar-refractivity contribution >= 4 is 0 Å². The van der Waals surface area contributed by atoms with Crippen LogP contribution in [-0.2, 0) is 10.9 Å². The number of fused-ring (bicyclic) bond motifs is 2. The van der Waals surface area contributed by atoms with Crippen molar-refractivity contribution in [3.05, 3.63) is 35.4 Å². The standard InChI is InChI=1S/C14H16F3NO/c15-14(16,17)9-3-1-2-8(6-9)13(18)11-7-10-4-5-12(11)19-10/h1-3,6,10-13H,4-5,7,18H2. The van der Waals surface area contributed by atoms with Gasteiger partial charge in [-0.15, -0.1) is 0 Å². The maximum atomic E-state index is 12.7. The zero-order chi connectivity index (χ0) is 13.6. The topological polar surface area (TPSA) is 35.2 Å². The van der Waals surface area contributed by atoms with Gasteiger partial charge < -0.3 is 10.5 Å². The second kappa shape index (κ2) is 4.49. The first kappa shape index (κ1) is 12.9. The normalized spacial score (nSPS) is 31.7. The van der Waals surface area contributed by atoms with Crippen LogP contribution in [0.15, 0.2) is 24.3 Å². The van der Waals surface area contributed by atoms with Crippen LogP contribution in [0.3, 0.4) is 0 Å². The maximum Gasteiger partial charge on any atom is 0.416 e. The Morgan fingerprint density at radius 1 is 1.26 bits per heavy atom. The number of benzene rings is 1. The molecule has 0 amide bonds. The molecule has 2 aliphatic rings. The van der Waals surface area contributed by atoms with E-state index in [1.54, 1.807) is 6.07 Å². The highest BCUT2D eigenvalue weighted by molar-refractivity contribution is 5.28. The highest BCUT2D eigenvalue weighted by Gasteiger charge is 2.44. The predicted molar refractivity (Wildman–Crippen MR) is 64.4 cm³/mol. The fraction of sp³-hybridized carbons (Fsp3) is 0.571. The van der Waals surface area contributed by atoms with E-state index in [2.05, 4.69) is 0 Å². The minimum absolute atomic E-state index is 0.120. The first-order chi connectivity index (χ1) is 8.95. The molecule has 5 heteroatoms. The van der Waals surface area contributed by atoms with Crippen molar-refractivity contribution in [1.82, 2.24) is 0 Å². The van der Waals surface area contributed by atoms with Crippen LogP contribution in [0.5, 0.6) is 0 Å². The smallest absolute Gasteiger partial charge is 0.375 e. The maximum absolute atomic E-state index is 12.7. The van der Waals surface area contributed by atoms with Gasteiger partial charge in [0.15, 0.2) is 0 Å². The van der Waals surface area contributed by atoms with Gasteiger partial charge in [-0.05, 0) is 37.0 Å². The lowest BCUT2D eigenvalue weighted by Crippen LogP contribution is -2.29. The number of nitrogens with two attached hydrogens (primary N) is 1. The Balaban J connectivity index is 1.82. The third kappa shape index (κ3) is 2.37. The molecule has 2 fully saturated rings. The van der Waals surface area contributed by atoms with E-state index in [1.165, 1.54) is 6.07 Å². The van der Waals surface area contributed by atoms with E-state index in [0.717, 1.165) is 31.4 Å². The fourth-order valence-electron chi connectivity index (χ4n) is 3.22. The Morgan fingerprint density at radius 3 is 2.63 bits per heavy atom. The Labute approximate surface area is 109 Å². The van der Waals surface area contributed by atoms with Crippen LogP contribution in [0.4, 0.5) is 13.2 Å². The van der Waals surface area contributed by atoms with Crippen molar-refractivity contribution in [2.75, 3.05) is 0 Å². The average Bonchev–Trinajstić information content (AvgIpc) is 2.99. The van der Waals surface area contributed by atoms with Crippen molar-refractivity contribution in [2.24, 2.45) is 11.7 Å². The summed E-state index contributed by atoms with van der Waals surface area (Å²) >= 11 is 0. The summed E-state index contributed by atoms with van der Waals surface area (Å²) in [6, 6.07) is 4.96. The van der Waals surface area contributed by atoms with Gasteiger partial charge in [0.1, 0.15) is 0 Å². The lowest BCUT2D eigenvalue weighted by molar-refractivity contribution is -0.137. The molecule has 4 atom stereocenters. The first-order valence-electron chi connectivity index (χ1n) is 6.53. The van der Waals surface area contributed by atoms with Crippen LogP contribution in [0.25, 0.3) is 0 Å². The number of hydrogen-bond donors (Lipinski definition) is 1. The third-order valence-electron chi connectivity index (χ3n) is 4.21. The van der Waals surface area contributed by atoms with Gasteiger partial charge in [0.2, 0.25) is 0 Å². The summed E-state index contributed by atoms with van der Waals surface area (Å²) in [5.41, 5.74) is 6.07. The van der Waals surface area contributed by atoms with Crippen molar-refractivity contribution < 1.29 is 17.9 Å². The summed E-state index contributed by atoms with van der Waals surface area (Å²) < 4.78 is 43.8. The predicted octanol–water partition coefficient (Wildman–Crippen LogP) is 3.27. The van der Waals surface area contributed by atoms with Crippen molar-refractivity contribution in [3.63, 3.8) is 0 Å². The molecule has 2 nitrogen and oxygen atoms in total. The van der Waals surface area contributed by atoms with Gasteiger partial charge in [-0.2, -0.15) is 13.2 Å². The molecule has 1 aromatic carbocycles. The van der Waals surface area contributed by atoms with Gasteiger partial charge in [-0.3, -0.25) is 0 Å². The number of ether oxygens (including phenoxy) is 1. The lowest BCUT2D eigenvalue weighted by Gasteiger charge is -2.26. The second-order valence-corrected chi connectivity index (χ2v) is 5.42. The van der Waals surface area contributed by atoms with Crippen molar-refractivity contribution in [3.8, 4) is 0 Å². The molecule has 0 aliphatic carbocycles. The summed E-state index contributed by atoms with van der Waals surface area (Å²) in [6.07, 6.45) is -1.05. The number of alkyl halides is 3. The Bertz CT molecular complexity index is 474. The molecule has 2 heterocycles. The SMILES string of the molecule is NC(c1cccc(C(F)(F)F)c1)C1CC2CCC1O2. The summed E-state index contributed by atoms with van der Waals surface area (Å²) in [4.78, 5) is 0. The third-order valence-corrected chi connectivity index (χ3v) is 4.21. The highest BCUT2D eigenvalue weighted by atomic mass is 19.4. The number of rotatable bonds is 2. The second-order valence-electron chi connectivity index (χ2n) is 5.42. The molecule has 2 aliphatic heterocycles. The minimum atomic E-state index is -4.32. The molecule has 0 radical (unpaired) electrons. The first-order valence-corrected chi connectivity index (χ1v) is 6.53. The van der Waals surface area contributed by atoms with Gasteiger partial charge in [-0.1, -0.05) is 12.1 Å². The molecule has 2 saturated heterocycles. The van der Waals surface area contributed by atoms with Crippen LogP contribution in [-0.4, -0.2) is 12.2 Å². The van der Waals surface area contributed by atoms with Gasteiger partial charge in [-0.25, -0.2) is 0 Å². The Kier molecular flexibility index (Phi) is 3.06. The molecule has 104 valence electrons. The summed E-state index contributed by atoms with van der Waals surface area (Å²) in [5, 5.41) is 0. The molecule has 3 rings (SSSR count). The van der Waals surface area contributed by atoms with E-state index in [-0.39, 0.29) is 24.2 Å². The van der Waals surface area contributed by atoms with Crippen LogP contribution in [0.1, 0.15) is 36.4 Å². The zero-order valence-electron chi connectivity index (χ0n) is 10.4. The van der Waals surface area contributed by atoms with Crippen LogP contribution in [0.2, 0.25) is 0 Å². The van der Waals surface area contributed by atoms with Crippen LogP contribution in [0, 0.1) is 5.92 Å². The molecule has 4 unspecified atom stereocenters. The van der Waals surface area contributed by atoms with E-state index in [1.807, 2.05) is 0 Å². The molecule has 2 N–H and O–H groups in total. The minimum Gasteiger partial charge on any atom is -0.375 e. The molecule has 19 heavy (non-hydrogen) atoms. The molecular formula is C14H16F3NO. The van der Waals surface area contributed by atoms with E-state index < -0.39 is 11.7 Å². The Hall–Kier alpha value is -1.07. The molecule has 0 saturated carbocycles. The van der Waals surface area contributed by atoms with E-state index >= 15 is 0 Å². The Morgan fingerprint density at radius 2 is 2.05 bits per heavy atom. The monoisotopic (exact) mass is 271 g/mol. The summed E-state index contributed by atoms with van der Waals surface area (Å²) in [6.45, 7) is 0. The largest absolute Gasteiger partial charge is 0.416 e. The highest BCUT2D eigenvalue weighted by Crippen LogP contribution is 2.44. The van der Waals surface area contributed by atoms with Gasteiger partial charge in [0.05, 0.1) is 17.8 Å². The van der Waals surface area contributed by atoms with E-state index in [0.29, 0.717) is 5.56 Å². The summed E-state index contributed by atoms with van der Waals surface area (Å²) in [5.74, 6) is 0.141. The van der Waals surface area contributed by atoms with Gasteiger partial charge >= 0.3 is 6.18 Å². The number of halogens is 3. The summed E-state index contributed by atoms with van der Waals surface area (Å²) in [7, 11) is 0. The molecule has 1 aromatic rings.